The van der Waals surface area contributed by atoms with E-state index < -0.39 is 0 Å². The first-order chi connectivity index (χ1) is 11.1. The Bertz CT molecular complexity index is 745. The lowest BCUT2D eigenvalue weighted by Gasteiger charge is -2.20. The lowest BCUT2D eigenvalue weighted by atomic mass is 10.2. The van der Waals surface area contributed by atoms with Gasteiger partial charge in [0.05, 0.1) is 13.7 Å². The number of ketones is 1. The van der Waals surface area contributed by atoms with Gasteiger partial charge in [0.15, 0.2) is 5.82 Å². The average Bonchev–Trinajstić information content (AvgIpc) is 3.01. The number of carbonyl (C=O) groups is 1. The number of methoxy groups -OCH3 is 1. The van der Waals surface area contributed by atoms with E-state index in [1.165, 1.54) is 0 Å². The fourth-order valence-corrected chi connectivity index (χ4v) is 2.91. The molecule has 1 aliphatic carbocycles. The third kappa shape index (κ3) is 3.16. The molecule has 0 radical (unpaired) electrons. The Hall–Kier alpha value is -2.50. The van der Waals surface area contributed by atoms with Crippen LogP contribution in [0.2, 0.25) is 0 Å². The van der Waals surface area contributed by atoms with Gasteiger partial charge in [-0.2, -0.15) is 0 Å². The molecule has 120 valence electrons. The Morgan fingerprint density at radius 1 is 1.35 bits per heavy atom. The van der Waals surface area contributed by atoms with Gasteiger partial charge in [0.25, 0.3) is 0 Å². The number of likely N-dealkylation sites (N-methyl/N-ethyl adjacent to an activating group) is 1. The van der Waals surface area contributed by atoms with E-state index >= 15 is 0 Å². The predicted octanol–water partition coefficient (Wildman–Crippen LogP) is 2.06. The molecule has 0 saturated carbocycles. The highest BCUT2D eigenvalue weighted by molar-refractivity contribution is 5.81. The van der Waals surface area contributed by atoms with Crippen LogP contribution in [-0.2, 0) is 17.6 Å². The number of hydrogen-bond acceptors (Lipinski definition) is 6. The minimum atomic E-state index is 0.110. The number of aryl methyl sites for hydroxylation is 1. The molecule has 0 N–H and O–H groups in total. The molecule has 2 aromatic rings. The largest absolute Gasteiger partial charge is 0.497 e. The second kappa shape index (κ2) is 6.32. The van der Waals surface area contributed by atoms with Gasteiger partial charge in [-0.15, -0.1) is 0 Å². The van der Waals surface area contributed by atoms with Crippen molar-refractivity contribution in [1.29, 1.82) is 0 Å². The highest BCUT2D eigenvalue weighted by Gasteiger charge is 2.23. The summed E-state index contributed by atoms with van der Waals surface area (Å²) in [5, 5.41) is 0. The minimum absolute atomic E-state index is 0.110. The maximum atomic E-state index is 11.5. The third-order valence-corrected chi connectivity index (χ3v) is 3.93. The molecular formula is C17H20N4O2. The molecule has 3 rings (SSSR count). The molecule has 0 saturated heterocycles. The van der Waals surface area contributed by atoms with Gasteiger partial charge in [0.1, 0.15) is 23.0 Å². The molecule has 23 heavy (non-hydrogen) atoms. The quantitative estimate of drug-likeness (QED) is 0.842. The summed E-state index contributed by atoms with van der Waals surface area (Å²) in [5.41, 5.74) is 2.89. The number of hydrogen-bond donors (Lipinski definition) is 0. The molecule has 0 atom stereocenters. The van der Waals surface area contributed by atoms with E-state index in [1.54, 1.807) is 26.3 Å². The zero-order chi connectivity index (χ0) is 16.4. The number of ether oxygens (including phenoxy) is 1. The lowest BCUT2D eigenvalue weighted by molar-refractivity contribution is -0.115. The second-order valence-corrected chi connectivity index (χ2v) is 5.79. The number of nitrogens with zero attached hydrogens (tertiary/aromatic N) is 4. The maximum Gasteiger partial charge on any atom is 0.180 e. The fourth-order valence-electron chi connectivity index (χ4n) is 2.91. The molecule has 2 heterocycles. The molecule has 0 aromatic carbocycles. The molecule has 0 fully saturated rings. The molecule has 0 amide bonds. The van der Waals surface area contributed by atoms with E-state index in [0.717, 1.165) is 42.1 Å². The lowest BCUT2D eigenvalue weighted by Crippen LogP contribution is -2.26. The number of Topliss-reactive ketones (excluding diaryl/α,β-unsaturated/α-hetero) is 1. The SMILES string of the molecule is COc1ccnc(-c2nc3c(c(N(C)CC(C)=O)n2)CCC3)c1. The number of fused-ring (bicyclic) bond motifs is 1. The number of aromatic nitrogens is 3. The predicted molar refractivity (Wildman–Crippen MR) is 87.8 cm³/mol. The van der Waals surface area contributed by atoms with Gasteiger partial charge >= 0.3 is 0 Å². The molecule has 6 nitrogen and oxygen atoms in total. The van der Waals surface area contributed by atoms with Crippen LogP contribution >= 0.6 is 0 Å². The summed E-state index contributed by atoms with van der Waals surface area (Å²) >= 11 is 0. The van der Waals surface area contributed by atoms with Gasteiger partial charge in [-0.05, 0) is 32.3 Å². The van der Waals surface area contributed by atoms with Crippen LogP contribution < -0.4 is 9.64 Å². The summed E-state index contributed by atoms with van der Waals surface area (Å²) in [5.74, 6) is 2.24. The Kier molecular flexibility index (Phi) is 4.23. The summed E-state index contributed by atoms with van der Waals surface area (Å²) in [4.78, 5) is 27.1. The topological polar surface area (TPSA) is 68.2 Å². The third-order valence-electron chi connectivity index (χ3n) is 3.93. The number of carbonyl (C=O) groups excluding carboxylic acids is 1. The van der Waals surface area contributed by atoms with E-state index in [2.05, 4.69) is 15.0 Å². The van der Waals surface area contributed by atoms with Gasteiger partial charge in [-0.1, -0.05) is 0 Å². The fraction of sp³-hybridized carbons (Fsp3) is 0.412. The van der Waals surface area contributed by atoms with E-state index in [-0.39, 0.29) is 5.78 Å². The summed E-state index contributed by atoms with van der Waals surface area (Å²) in [6.45, 7) is 1.93. The van der Waals surface area contributed by atoms with Crippen molar-refractivity contribution in [3.8, 4) is 17.3 Å². The van der Waals surface area contributed by atoms with Gasteiger partial charge in [-0.25, -0.2) is 9.97 Å². The Labute approximate surface area is 135 Å². The number of rotatable bonds is 5. The molecular weight excluding hydrogens is 292 g/mol. The summed E-state index contributed by atoms with van der Waals surface area (Å²) in [7, 11) is 3.51. The highest BCUT2D eigenvalue weighted by atomic mass is 16.5. The first-order valence-electron chi connectivity index (χ1n) is 7.69. The number of pyridine rings is 1. The zero-order valence-electron chi connectivity index (χ0n) is 13.7. The first-order valence-corrected chi connectivity index (χ1v) is 7.69. The van der Waals surface area contributed by atoms with Gasteiger partial charge < -0.3 is 9.64 Å². The number of anilines is 1. The molecule has 0 spiro atoms. The molecule has 0 aliphatic heterocycles. The summed E-state index contributed by atoms with van der Waals surface area (Å²) < 4.78 is 5.25. The second-order valence-electron chi connectivity index (χ2n) is 5.79. The Morgan fingerprint density at radius 3 is 2.91 bits per heavy atom. The average molecular weight is 312 g/mol. The highest BCUT2D eigenvalue weighted by Crippen LogP contribution is 2.31. The van der Waals surface area contributed by atoms with Crippen LogP contribution in [-0.4, -0.2) is 41.4 Å². The van der Waals surface area contributed by atoms with E-state index in [0.29, 0.717) is 18.1 Å². The maximum absolute atomic E-state index is 11.5. The van der Waals surface area contributed by atoms with Crippen molar-refractivity contribution in [2.24, 2.45) is 0 Å². The monoisotopic (exact) mass is 312 g/mol. The standard InChI is InChI=1S/C17H20N4O2/c1-11(22)10-21(2)17-13-5-4-6-14(13)19-16(20-17)15-9-12(23-3)7-8-18-15/h7-9H,4-6,10H2,1-3H3. The van der Waals surface area contributed by atoms with Gasteiger partial charge in [0.2, 0.25) is 0 Å². The normalized spacial score (nSPS) is 12.8. The molecule has 6 heteroatoms. The van der Waals surface area contributed by atoms with Crippen LogP contribution in [0.15, 0.2) is 18.3 Å². The van der Waals surface area contributed by atoms with E-state index in [9.17, 15) is 4.79 Å². The first kappa shape index (κ1) is 15.4. The molecule has 2 aromatic heterocycles. The van der Waals surface area contributed by atoms with Crippen LogP contribution in [0.3, 0.4) is 0 Å². The van der Waals surface area contributed by atoms with E-state index in [1.807, 2.05) is 18.0 Å². The molecule has 1 aliphatic rings. The smallest absolute Gasteiger partial charge is 0.180 e. The Morgan fingerprint density at radius 2 is 2.17 bits per heavy atom. The molecule has 0 unspecified atom stereocenters. The van der Waals surface area contributed by atoms with Gasteiger partial charge in [-0.3, -0.25) is 9.78 Å². The van der Waals surface area contributed by atoms with Gasteiger partial charge in [0, 0.05) is 30.6 Å². The van der Waals surface area contributed by atoms with Crippen molar-refractivity contribution in [2.45, 2.75) is 26.2 Å². The van der Waals surface area contributed by atoms with Crippen LogP contribution in [0, 0.1) is 0 Å². The van der Waals surface area contributed by atoms with Crippen molar-refractivity contribution in [2.75, 3.05) is 25.6 Å². The van der Waals surface area contributed by atoms with Crippen molar-refractivity contribution in [3.05, 3.63) is 29.6 Å². The Balaban J connectivity index is 2.06. The van der Waals surface area contributed by atoms with Crippen molar-refractivity contribution in [3.63, 3.8) is 0 Å². The molecule has 0 bridgehead atoms. The van der Waals surface area contributed by atoms with Crippen LogP contribution in [0.5, 0.6) is 5.75 Å². The summed E-state index contributed by atoms with van der Waals surface area (Å²) in [6, 6.07) is 3.62. The minimum Gasteiger partial charge on any atom is -0.497 e. The summed E-state index contributed by atoms with van der Waals surface area (Å²) in [6.07, 6.45) is 4.65. The van der Waals surface area contributed by atoms with Crippen molar-refractivity contribution < 1.29 is 9.53 Å². The van der Waals surface area contributed by atoms with Crippen molar-refractivity contribution in [1.82, 2.24) is 15.0 Å². The van der Waals surface area contributed by atoms with E-state index in [4.69, 9.17) is 4.74 Å². The zero-order valence-corrected chi connectivity index (χ0v) is 13.7. The van der Waals surface area contributed by atoms with Crippen LogP contribution in [0.25, 0.3) is 11.5 Å². The van der Waals surface area contributed by atoms with Crippen LogP contribution in [0.1, 0.15) is 24.6 Å². The van der Waals surface area contributed by atoms with Crippen molar-refractivity contribution >= 4 is 11.6 Å². The van der Waals surface area contributed by atoms with Crippen LogP contribution in [0.4, 0.5) is 5.82 Å².